The van der Waals surface area contributed by atoms with Gasteiger partial charge in [0.1, 0.15) is 0 Å². The summed E-state index contributed by atoms with van der Waals surface area (Å²) in [5.41, 5.74) is 2.00. The van der Waals surface area contributed by atoms with Gasteiger partial charge < -0.3 is 4.74 Å². The van der Waals surface area contributed by atoms with Crippen molar-refractivity contribution in [2.75, 3.05) is 19.4 Å². The zero-order valence-corrected chi connectivity index (χ0v) is 12.5. The van der Waals surface area contributed by atoms with Crippen molar-refractivity contribution in [2.24, 2.45) is 0 Å². The molecule has 0 amide bonds. The molecule has 0 aliphatic carbocycles. The van der Waals surface area contributed by atoms with Gasteiger partial charge in [-0.05, 0) is 24.5 Å². The first kappa shape index (κ1) is 15.0. The predicted molar refractivity (Wildman–Crippen MR) is 75.7 cm³/mol. The summed E-state index contributed by atoms with van der Waals surface area (Å²) in [5.74, 6) is -0.365. The van der Waals surface area contributed by atoms with Gasteiger partial charge in [-0.25, -0.2) is 8.42 Å². The molecular weight excluding hydrogens is 278 g/mol. The highest BCUT2D eigenvalue weighted by molar-refractivity contribution is 7.89. The molecular formula is C14H19NO4S. The molecule has 0 radical (unpaired) electrons. The Morgan fingerprint density at radius 1 is 1.40 bits per heavy atom. The van der Waals surface area contributed by atoms with Crippen LogP contribution in [-0.4, -0.2) is 38.1 Å². The molecule has 0 fully saturated rings. The van der Waals surface area contributed by atoms with Gasteiger partial charge in [-0.15, -0.1) is 0 Å². The van der Waals surface area contributed by atoms with Crippen LogP contribution in [0.3, 0.4) is 0 Å². The van der Waals surface area contributed by atoms with Gasteiger partial charge in [-0.2, -0.15) is 4.31 Å². The third-order valence-corrected chi connectivity index (χ3v) is 5.55. The van der Waals surface area contributed by atoms with Gasteiger partial charge in [-0.1, -0.05) is 24.3 Å². The second-order valence-electron chi connectivity index (χ2n) is 4.76. The molecule has 110 valence electrons. The Kier molecular flexibility index (Phi) is 4.45. The van der Waals surface area contributed by atoms with Gasteiger partial charge in [0.2, 0.25) is 10.0 Å². The zero-order chi connectivity index (χ0) is 14.8. The summed E-state index contributed by atoms with van der Waals surface area (Å²) in [4.78, 5) is 11.6. The number of hydrogen-bond donors (Lipinski definition) is 0. The minimum absolute atomic E-state index is 0.0346. The largest absolute Gasteiger partial charge is 0.469 e. The van der Waals surface area contributed by atoms with Crippen LogP contribution in [-0.2, 0) is 26.0 Å². The number of ether oxygens (including phenoxy) is 1. The molecule has 0 unspecified atom stereocenters. The van der Waals surface area contributed by atoms with Gasteiger partial charge in [0.25, 0.3) is 0 Å². The molecule has 20 heavy (non-hydrogen) atoms. The van der Waals surface area contributed by atoms with E-state index in [-0.39, 0.29) is 12.2 Å². The van der Waals surface area contributed by atoms with E-state index in [1.165, 1.54) is 11.4 Å². The van der Waals surface area contributed by atoms with E-state index >= 15 is 0 Å². The number of methoxy groups -OCH3 is 1. The molecule has 0 bridgehead atoms. The van der Waals surface area contributed by atoms with Gasteiger partial charge in [0, 0.05) is 6.54 Å². The first-order valence-corrected chi connectivity index (χ1v) is 8.24. The monoisotopic (exact) mass is 297 g/mol. The fourth-order valence-corrected chi connectivity index (χ4v) is 3.86. The predicted octanol–water partition coefficient (Wildman–Crippen LogP) is 1.50. The molecule has 0 saturated carbocycles. The van der Waals surface area contributed by atoms with Crippen LogP contribution in [0.2, 0.25) is 0 Å². The lowest BCUT2D eigenvalue weighted by atomic mass is 9.92. The van der Waals surface area contributed by atoms with Crippen molar-refractivity contribution in [3.05, 3.63) is 35.4 Å². The van der Waals surface area contributed by atoms with Crippen LogP contribution in [0.5, 0.6) is 0 Å². The molecule has 1 aromatic carbocycles. The molecule has 2 rings (SSSR count). The third kappa shape index (κ3) is 2.86. The summed E-state index contributed by atoms with van der Waals surface area (Å²) in [6, 6.07) is 7.20. The van der Waals surface area contributed by atoms with Gasteiger partial charge in [0.05, 0.1) is 25.3 Å². The number of benzene rings is 1. The molecule has 5 nitrogen and oxygen atoms in total. The van der Waals surface area contributed by atoms with E-state index in [0.29, 0.717) is 13.0 Å². The average molecular weight is 297 g/mol. The Balaban J connectivity index is 2.42. The Bertz CT molecular complexity index is 597. The summed E-state index contributed by atoms with van der Waals surface area (Å²) < 4.78 is 30.6. The minimum atomic E-state index is -3.34. The maximum absolute atomic E-state index is 12.2. The lowest BCUT2D eigenvalue weighted by Crippen LogP contribution is -2.41. The summed E-state index contributed by atoms with van der Waals surface area (Å²) in [7, 11) is -2.03. The molecule has 0 aromatic heterocycles. The van der Waals surface area contributed by atoms with Crippen molar-refractivity contribution < 1.29 is 17.9 Å². The lowest BCUT2D eigenvalue weighted by molar-refractivity contribution is -0.141. The Morgan fingerprint density at radius 2 is 2.10 bits per heavy atom. The molecule has 1 atom stereocenters. The van der Waals surface area contributed by atoms with Crippen LogP contribution < -0.4 is 0 Å². The number of carbonyl (C=O) groups is 1. The Labute approximate surface area is 119 Å². The number of sulfonamides is 1. The molecule has 1 aliphatic heterocycles. The molecule has 0 N–H and O–H groups in total. The topological polar surface area (TPSA) is 63.7 Å². The molecule has 1 heterocycles. The Morgan fingerprint density at radius 3 is 2.75 bits per heavy atom. The maximum Gasteiger partial charge on any atom is 0.307 e. The fraction of sp³-hybridized carbons (Fsp3) is 0.500. The zero-order valence-electron chi connectivity index (χ0n) is 11.7. The first-order chi connectivity index (χ1) is 9.49. The van der Waals surface area contributed by atoms with Crippen molar-refractivity contribution in [3.8, 4) is 0 Å². The van der Waals surface area contributed by atoms with Crippen molar-refractivity contribution in [2.45, 2.75) is 25.8 Å². The van der Waals surface area contributed by atoms with E-state index in [2.05, 4.69) is 0 Å². The normalized spacial score (nSPS) is 19.4. The van der Waals surface area contributed by atoms with E-state index < -0.39 is 22.0 Å². The number of fused-ring (bicyclic) bond motifs is 1. The minimum Gasteiger partial charge on any atom is -0.469 e. The number of nitrogens with zero attached hydrogens (tertiary/aromatic N) is 1. The van der Waals surface area contributed by atoms with Crippen molar-refractivity contribution >= 4 is 16.0 Å². The van der Waals surface area contributed by atoms with Crippen LogP contribution in [0.15, 0.2) is 24.3 Å². The maximum atomic E-state index is 12.2. The number of esters is 1. The highest BCUT2D eigenvalue weighted by Crippen LogP contribution is 2.34. The molecule has 0 spiro atoms. The van der Waals surface area contributed by atoms with Crippen LogP contribution in [0.1, 0.15) is 30.5 Å². The first-order valence-electron chi connectivity index (χ1n) is 6.63. The summed E-state index contributed by atoms with van der Waals surface area (Å²) in [6.45, 7) is 2.03. The third-order valence-electron chi connectivity index (χ3n) is 3.67. The highest BCUT2D eigenvalue weighted by Gasteiger charge is 2.35. The van der Waals surface area contributed by atoms with E-state index in [4.69, 9.17) is 4.74 Å². The van der Waals surface area contributed by atoms with Crippen molar-refractivity contribution in [1.29, 1.82) is 0 Å². The van der Waals surface area contributed by atoms with E-state index in [1.807, 2.05) is 24.3 Å². The number of carbonyl (C=O) groups excluding carboxylic acids is 1. The van der Waals surface area contributed by atoms with Gasteiger partial charge >= 0.3 is 5.97 Å². The molecule has 1 aliphatic rings. The highest BCUT2D eigenvalue weighted by atomic mass is 32.2. The summed E-state index contributed by atoms with van der Waals surface area (Å²) in [5, 5.41) is 0. The quantitative estimate of drug-likeness (QED) is 0.790. The SMILES string of the molecule is CCS(=O)(=O)N1CCc2ccccc2[C@H]1CC(=O)OC. The second kappa shape index (κ2) is 5.93. The smallest absolute Gasteiger partial charge is 0.307 e. The molecule has 0 saturated heterocycles. The summed E-state index contributed by atoms with van der Waals surface area (Å²) >= 11 is 0. The standard InChI is InChI=1S/C14H19NO4S/c1-3-20(17,18)15-9-8-11-6-4-5-7-12(11)13(15)10-14(16)19-2/h4-7,13H,3,8-10H2,1-2H3/t13-/m1/s1. The second-order valence-corrected chi connectivity index (χ2v) is 6.97. The number of hydrogen-bond acceptors (Lipinski definition) is 4. The van der Waals surface area contributed by atoms with E-state index in [9.17, 15) is 13.2 Å². The lowest BCUT2D eigenvalue weighted by Gasteiger charge is -2.35. The van der Waals surface area contributed by atoms with E-state index in [0.717, 1.165) is 11.1 Å². The van der Waals surface area contributed by atoms with E-state index in [1.54, 1.807) is 6.92 Å². The number of rotatable bonds is 4. The summed E-state index contributed by atoms with van der Waals surface area (Å²) in [6.07, 6.45) is 0.722. The van der Waals surface area contributed by atoms with Crippen molar-refractivity contribution in [3.63, 3.8) is 0 Å². The van der Waals surface area contributed by atoms with Crippen LogP contribution in [0.25, 0.3) is 0 Å². The van der Waals surface area contributed by atoms with Crippen LogP contribution in [0.4, 0.5) is 0 Å². The fourth-order valence-electron chi connectivity index (χ4n) is 2.58. The average Bonchev–Trinajstić information content (AvgIpc) is 2.47. The molecule has 1 aromatic rings. The van der Waals surface area contributed by atoms with Crippen molar-refractivity contribution in [1.82, 2.24) is 4.31 Å². The molecule has 6 heteroatoms. The van der Waals surface area contributed by atoms with Gasteiger partial charge in [0.15, 0.2) is 0 Å². The van der Waals surface area contributed by atoms with Crippen LogP contribution in [0, 0.1) is 0 Å². The van der Waals surface area contributed by atoms with Gasteiger partial charge in [-0.3, -0.25) is 4.79 Å². The van der Waals surface area contributed by atoms with Crippen LogP contribution >= 0.6 is 0 Å². The Hall–Kier alpha value is -1.40.